The van der Waals surface area contributed by atoms with Gasteiger partial charge >= 0.3 is 0 Å². The number of carbonyl (C=O) groups is 1. The standard InChI is InChI=1S/C22H23Br2N3O2S/c1-29-21-15(13-16(23)14-17(21)24)9-10-20(28)26-22(30)25-18-7-3-4-8-19(18)27-11-5-2-6-12-27/h3-4,7-10,13-14H,2,5-6,11-12H2,1H3,(H2,25,26,28,30)/b10-9+. The van der Waals surface area contributed by atoms with Crippen LogP contribution in [0.5, 0.6) is 5.75 Å². The predicted octanol–water partition coefficient (Wildman–Crippen LogP) is 5.74. The minimum absolute atomic E-state index is 0.261. The molecule has 3 rings (SSSR count). The first-order valence-electron chi connectivity index (χ1n) is 9.65. The third-order valence-corrected chi connectivity index (χ3v) is 5.99. The van der Waals surface area contributed by atoms with E-state index >= 15 is 0 Å². The fraction of sp³-hybridized carbons (Fsp3) is 0.273. The lowest BCUT2D eigenvalue weighted by Crippen LogP contribution is -2.34. The smallest absolute Gasteiger partial charge is 0.250 e. The van der Waals surface area contributed by atoms with E-state index < -0.39 is 0 Å². The van der Waals surface area contributed by atoms with Crippen LogP contribution in [0.15, 0.2) is 51.4 Å². The van der Waals surface area contributed by atoms with Crippen molar-refractivity contribution in [2.24, 2.45) is 0 Å². The van der Waals surface area contributed by atoms with Crippen molar-refractivity contribution >= 4 is 72.5 Å². The molecular weight excluding hydrogens is 530 g/mol. The molecule has 158 valence electrons. The van der Waals surface area contributed by atoms with Crippen LogP contribution in [0, 0.1) is 0 Å². The average molecular weight is 553 g/mol. The summed E-state index contributed by atoms with van der Waals surface area (Å²) in [7, 11) is 1.59. The molecule has 0 radical (unpaired) electrons. The number of amides is 1. The second-order valence-electron chi connectivity index (χ2n) is 6.85. The van der Waals surface area contributed by atoms with Crippen LogP contribution in [-0.4, -0.2) is 31.2 Å². The van der Waals surface area contributed by atoms with E-state index in [2.05, 4.69) is 53.5 Å². The SMILES string of the molecule is COc1c(Br)cc(Br)cc1/C=C/C(=O)NC(=S)Nc1ccccc1N1CCCCC1. The van der Waals surface area contributed by atoms with Crippen LogP contribution < -0.4 is 20.3 Å². The number of anilines is 2. The summed E-state index contributed by atoms with van der Waals surface area (Å²) in [6.07, 6.45) is 6.77. The number of para-hydroxylation sites is 2. The third kappa shape index (κ3) is 6.06. The number of nitrogens with one attached hydrogen (secondary N) is 2. The van der Waals surface area contributed by atoms with E-state index in [0.29, 0.717) is 5.75 Å². The number of rotatable bonds is 5. The molecule has 1 aliphatic heterocycles. The summed E-state index contributed by atoms with van der Waals surface area (Å²) in [5.41, 5.74) is 2.77. The number of ether oxygens (including phenoxy) is 1. The zero-order valence-electron chi connectivity index (χ0n) is 16.6. The average Bonchev–Trinajstić information content (AvgIpc) is 2.73. The molecule has 0 unspecified atom stereocenters. The Morgan fingerprint density at radius 3 is 2.63 bits per heavy atom. The van der Waals surface area contributed by atoms with E-state index in [1.165, 1.54) is 25.3 Å². The Labute approximate surface area is 199 Å². The first-order chi connectivity index (χ1) is 14.5. The normalized spacial score (nSPS) is 13.9. The summed E-state index contributed by atoms with van der Waals surface area (Å²) < 4.78 is 7.07. The van der Waals surface area contributed by atoms with Crippen LogP contribution in [0.1, 0.15) is 24.8 Å². The molecule has 0 spiro atoms. The molecule has 1 aliphatic rings. The van der Waals surface area contributed by atoms with Crippen molar-refractivity contribution in [2.45, 2.75) is 19.3 Å². The van der Waals surface area contributed by atoms with Gasteiger partial charge in [0.2, 0.25) is 5.91 Å². The molecule has 2 aromatic rings. The van der Waals surface area contributed by atoms with Gasteiger partial charge in [0.25, 0.3) is 0 Å². The number of hydrogen-bond acceptors (Lipinski definition) is 4. The number of methoxy groups -OCH3 is 1. The second-order valence-corrected chi connectivity index (χ2v) is 9.03. The topological polar surface area (TPSA) is 53.6 Å². The Morgan fingerprint density at radius 1 is 1.17 bits per heavy atom. The summed E-state index contributed by atoms with van der Waals surface area (Å²) >= 11 is 12.3. The van der Waals surface area contributed by atoms with Crippen LogP contribution in [-0.2, 0) is 4.79 Å². The van der Waals surface area contributed by atoms with Crippen LogP contribution in [0.4, 0.5) is 11.4 Å². The number of benzene rings is 2. The molecule has 0 aromatic heterocycles. The first-order valence-corrected chi connectivity index (χ1v) is 11.6. The lowest BCUT2D eigenvalue weighted by Gasteiger charge is -2.30. The van der Waals surface area contributed by atoms with Crippen molar-refractivity contribution in [2.75, 3.05) is 30.4 Å². The number of nitrogens with zero attached hydrogens (tertiary/aromatic N) is 1. The van der Waals surface area contributed by atoms with Crippen LogP contribution in [0.3, 0.4) is 0 Å². The van der Waals surface area contributed by atoms with Crippen LogP contribution >= 0.6 is 44.1 Å². The molecular formula is C22H23Br2N3O2S. The Kier molecular flexibility index (Phi) is 8.30. The molecule has 30 heavy (non-hydrogen) atoms. The van der Waals surface area contributed by atoms with Gasteiger partial charge in [0.15, 0.2) is 5.11 Å². The van der Waals surface area contributed by atoms with E-state index in [9.17, 15) is 4.79 Å². The molecule has 1 amide bonds. The van der Waals surface area contributed by atoms with Gasteiger partial charge in [0.05, 0.1) is 23.0 Å². The van der Waals surface area contributed by atoms with Gasteiger partial charge in [0.1, 0.15) is 5.75 Å². The minimum Gasteiger partial charge on any atom is -0.495 e. The van der Waals surface area contributed by atoms with Gasteiger partial charge < -0.3 is 15.0 Å². The van der Waals surface area contributed by atoms with Crippen molar-refractivity contribution in [3.63, 3.8) is 0 Å². The molecule has 0 aliphatic carbocycles. The fourth-order valence-electron chi connectivity index (χ4n) is 3.38. The zero-order valence-corrected chi connectivity index (χ0v) is 20.6. The summed E-state index contributed by atoms with van der Waals surface area (Å²) in [5, 5.41) is 6.13. The van der Waals surface area contributed by atoms with Crippen molar-refractivity contribution in [1.82, 2.24) is 5.32 Å². The van der Waals surface area contributed by atoms with Gasteiger partial charge in [-0.25, -0.2) is 0 Å². The van der Waals surface area contributed by atoms with Crippen LogP contribution in [0.25, 0.3) is 6.08 Å². The number of thiocarbonyl (C=S) groups is 1. The quantitative estimate of drug-likeness (QED) is 0.366. The monoisotopic (exact) mass is 551 g/mol. The highest BCUT2D eigenvalue weighted by atomic mass is 79.9. The molecule has 1 fully saturated rings. The second kappa shape index (κ2) is 10.9. The van der Waals surface area contributed by atoms with Gasteiger partial charge in [-0.2, -0.15) is 0 Å². The number of hydrogen-bond donors (Lipinski definition) is 2. The van der Waals surface area contributed by atoms with E-state index in [1.807, 2.05) is 30.3 Å². The molecule has 1 heterocycles. The Balaban J connectivity index is 1.65. The van der Waals surface area contributed by atoms with Crippen molar-refractivity contribution in [3.05, 3.63) is 57.0 Å². The molecule has 2 aromatic carbocycles. The maximum atomic E-state index is 12.4. The maximum Gasteiger partial charge on any atom is 0.250 e. The molecule has 0 atom stereocenters. The minimum atomic E-state index is -0.318. The Hall–Kier alpha value is -1.90. The molecule has 0 bridgehead atoms. The lowest BCUT2D eigenvalue weighted by molar-refractivity contribution is -0.115. The highest BCUT2D eigenvalue weighted by molar-refractivity contribution is 9.11. The Bertz CT molecular complexity index is 959. The summed E-state index contributed by atoms with van der Waals surface area (Å²) in [4.78, 5) is 14.7. The van der Waals surface area contributed by atoms with Gasteiger partial charge in [-0.05, 0) is 77.8 Å². The highest BCUT2D eigenvalue weighted by Crippen LogP contribution is 2.33. The van der Waals surface area contributed by atoms with Gasteiger partial charge in [-0.15, -0.1) is 0 Å². The summed E-state index contributed by atoms with van der Waals surface area (Å²) in [5.74, 6) is 0.333. The van der Waals surface area contributed by atoms with E-state index in [1.54, 1.807) is 13.2 Å². The van der Waals surface area contributed by atoms with E-state index in [0.717, 1.165) is 39.0 Å². The molecule has 0 saturated carbocycles. The number of carbonyl (C=O) groups excluding carboxylic acids is 1. The van der Waals surface area contributed by atoms with Gasteiger partial charge in [-0.1, -0.05) is 28.1 Å². The van der Waals surface area contributed by atoms with Crippen molar-refractivity contribution in [1.29, 1.82) is 0 Å². The molecule has 5 nitrogen and oxygen atoms in total. The molecule has 2 N–H and O–H groups in total. The van der Waals surface area contributed by atoms with Gasteiger partial charge in [-0.3, -0.25) is 10.1 Å². The number of halogens is 2. The predicted molar refractivity (Wildman–Crippen MR) is 134 cm³/mol. The van der Waals surface area contributed by atoms with Crippen LogP contribution in [0.2, 0.25) is 0 Å². The van der Waals surface area contributed by atoms with E-state index in [-0.39, 0.29) is 11.0 Å². The third-order valence-electron chi connectivity index (χ3n) is 4.74. The zero-order chi connectivity index (χ0) is 21.5. The van der Waals surface area contributed by atoms with Crippen molar-refractivity contribution < 1.29 is 9.53 Å². The summed E-state index contributed by atoms with van der Waals surface area (Å²) in [6, 6.07) is 11.8. The lowest BCUT2D eigenvalue weighted by atomic mass is 10.1. The fourth-order valence-corrected chi connectivity index (χ4v) is 5.01. The number of piperidine rings is 1. The maximum absolute atomic E-state index is 12.4. The first kappa shape index (κ1) is 22.8. The van der Waals surface area contributed by atoms with Gasteiger partial charge in [0, 0.05) is 29.2 Å². The Morgan fingerprint density at radius 2 is 1.90 bits per heavy atom. The highest BCUT2D eigenvalue weighted by Gasteiger charge is 2.15. The molecule has 1 saturated heterocycles. The largest absolute Gasteiger partial charge is 0.495 e. The van der Waals surface area contributed by atoms with E-state index in [4.69, 9.17) is 17.0 Å². The molecule has 8 heteroatoms. The summed E-state index contributed by atoms with van der Waals surface area (Å²) in [6.45, 7) is 2.06. The van der Waals surface area contributed by atoms with Crippen molar-refractivity contribution in [3.8, 4) is 5.75 Å².